The summed E-state index contributed by atoms with van der Waals surface area (Å²) in [6, 6.07) is 10.3. The van der Waals surface area contributed by atoms with Gasteiger partial charge >= 0.3 is 0 Å². The summed E-state index contributed by atoms with van der Waals surface area (Å²) in [5.74, 6) is 1.20. The van der Waals surface area contributed by atoms with E-state index in [0.717, 1.165) is 31.6 Å². The molecule has 0 aliphatic carbocycles. The maximum atomic E-state index is 5.64. The third kappa shape index (κ3) is 3.19. The van der Waals surface area contributed by atoms with Gasteiger partial charge in [0.15, 0.2) is 0 Å². The van der Waals surface area contributed by atoms with Crippen LogP contribution in [0.25, 0.3) is 11.5 Å². The van der Waals surface area contributed by atoms with Crippen molar-refractivity contribution in [3.8, 4) is 11.5 Å². The Labute approximate surface area is 112 Å². The number of ether oxygens (including phenoxy) is 1. The molecule has 1 aromatic heterocycles. The molecule has 0 unspecified atom stereocenters. The topological polar surface area (TPSA) is 60.2 Å². The first-order valence-corrected chi connectivity index (χ1v) is 6.61. The maximum absolute atomic E-state index is 5.64. The van der Waals surface area contributed by atoms with Crippen molar-refractivity contribution in [1.82, 2.24) is 15.5 Å². The molecule has 0 saturated carbocycles. The minimum Gasteiger partial charge on any atom is -0.419 e. The minimum absolute atomic E-state index is 0.487. The average Bonchev–Trinajstić information content (AvgIpc) is 2.96. The van der Waals surface area contributed by atoms with Gasteiger partial charge in [-0.25, -0.2) is 0 Å². The van der Waals surface area contributed by atoms with Crippen molar-refractivity contribution in [2.75, 3.05) is 13.2 Å². The second kappa shape index (κ2) is 5.95. The van der Waals surface area contributed by atoms with Crippen LogP contribution in [0.2, 0.25) is 0 Å². The molecule has 0 bridgehead atoms. The molecule has 2 aromatic rings. The van der Waals surface area contributed by atoms with Crippen molar-refractivity contribution in [3.05, 3.63) is 36.2 Å². The predicted octanol–water partition coefficient (Wildman–Crippen LogP) is 2.01. The standard InChI is InChI=1S/C14H17N3O2/c1-2-4-11(5-3-1)14-17-16-13(19-14)10-15-12-6-8-18-9-7-12/h1-5,12,15H,6-10H2. The maximum Gasteiger partial charge on any atom is 0.247 e. The fourth-order valence-corrected chi connectivity index (χ4v) is 2.16. The molecule has 0 spiro atoms. The Balaban J connectivity index is 1.59. The van der Waals surface area contributed by atoms with Gasteiger partial charge in [-0.3, -0.25) is 0 Å². The van der Waals surface area contributed by atoms with Crippen molar-refractivity contribution in [1.29, 1.82) is 0 Å². The zero-order valence-corrected chi connectivity index (χ0v) is 10.7. The van der Waals surface area contributed by atoms with Crippen LogP contribution in [0.15, 0.2) is 34.7 Å². The van der Waals surface area contributed by atoms with E-state index in [2.05, 4.69) is 15.5 Å². The summed E-state index contributed by atoms with van der Waals surface area (Å²) in [6.45, 7) is 2.28. The highest BCUT2D eigenvalue weighted by Gasteiger charge is 2.14. The van der Waals surface area contributed by atoms with E-state index < -0.39 is 0 Å². The van der Waals surface area contributed by atoms with Gasteiger partial charge in [-0.15, -0.1) is 10.2 Å². The molecule has 2 heterocycles. The van der Waals surface area contributed by atoms with Crippen molar-refractivity contribution in [2.24, 2.45) is 0 Å². The van der Waals surface area contributed by atoms with E-state index >= 15 is 0 Å². The van der Waals surface area contributed by atoms with Crippen molar-refractivity contribution < 1.29 is 9.15 Å². The van der Waals surface area contributed by atoms with Crippen LogP contribution in [0.1, 0.15) is 18.7 Å². The molecule has 3 rings (SSSR count). The third-order valence-electron chi connectivity index (χ3n) is 3.25. The lowest BCUT2D eigenvalue weighted by molar-refractivity contribution is 0.0770. The number of nitrogens with zero attached hydrogens (tertiary/aromatic N) is 2. The Morgan fingerprint density at radius 2 is 1.89 bits per heavy atom. The molecule has 1 aliphatic heterocycles. The summed E-state index contributed by atoms with van der Waals surface area (Å²) >= 11 is 0. The van der Waals surface area contributed by atoms with E-state index in [-0.39, 0.29) is 0 Å². The molecule has 1 aliphatic rings. The number of aromatic nitrogens is 2. The van der Waals surface area contributed by atoms with Crippen LogP contribution in [-0.4, -0.2) is 29.5 Å². The van der Waals surface area contributed by atoms with Crippen LogP contribution in [0, 0.1) is 0 Å². The first-order chi connectivity index (χ1) is 9.42. The number of hydrogen-bond donors (Lipinski definition) is 1. The van der Waals surface area contributed by atoms with Crippen molar-refractivity contribution in [2.45, 2.75) is 25.4 Å². The summed E-state index contributed by atoms with van der Waals surface area (Å²) in [7, 11) is 0. The average molecular weight is 259 g/mol. The van der Waals surface area contributed by atoms with Gasteiger partial charge in [0.1, 0.15) is 0 Å². The Hall–Kier alpha value is -1.72. The summed E-state index contributed by atoms with van der Waals surface area (Å²) in [4.78, 5) is 0. The molecule has 1 aromatic carbocycles. The Morgan fingerprint density at radius 3 is 2.68 bits per heavy atom. The first kappa shape index (κ1) is 12.3. The van der Waals surface area contributed by atoms with Gasteiger partial charge in [-0.1, -0.05) is 18.2 Å². The van der Waals surface area contributed by atoms with E-state index in [1.807, 2.05) is 30.3 Å². The van der Waals surface area contributed by atoms with Gasteiger partial charge in [0.25, 0.3) is 0 Å². The first-order valence-electron chi connectivity index (χ1n) is 6.61. The Bertz CT molecular complexity index is 506. The smallest absolute Gasteiger partial charge is 0.247 e. The van der Waals surface area contributed by atoms with Crippen LogP contribution in [-0.2, 0) is 11.3 Å². The molecular formula is C14H17N3O2. The van der Waals surface area contributed by atoms with Crippen LogP contribution in [0.4, 0.5) is 0 Å². The lowest BCUT2D eigenvalue weighted by Gasteiger charge is -2.22. The monoisotopic (exact) mass is 259 g/mol. The third-order valence-corrected chi connectivity index (χ3v) is 3.25. The van der Waals surface area contributed by atoms with Crippen molar-refractivity contribution in [3.63, 3.8) is 0 Å². The highest BCUT2D eigenvalue weighted by atomic mass is 16.5. The molecule has 1 N–H and O–H groups in total. The van der Waals surface area contributed by atoms with E-state index in [1.54, 1.807) is 0 Å². The van der Waals surface area contributed by atoms with E-state index in [4.69, 9.17) is 9.15 Å². The Morgan fingerprint density at radius 1 is 1.11 bits per heavy atom. The molecule has 0 radical (unpaired) electrons. The molecule has 19 heavy (non-hydrogen) atoms. The minimum atomic E-state index is 0.487. The number of rotatable bonds is 4. The summed E-state index contributed by atoms with van der Waals surface area (Å²) in [6.07, 6.45) is 2.08. The lowest BCUT2D eigenvalue weighted by Crippen LogP contribution is -2.34. The summed E-state index contributed by atoms with van der Waals surface area (Å²) < 4.78 is 11.0. The molecule has 1 saturated heterocycles. The highest BCUT2D eigenvalue weighted by molar-refractivity contribution is 5.51. The number of nitrogens with one attached hydrogen (secondary N) is 1. The van der Waals surface area contributed by atoms with Crippen LogP contribution in [0.3, 0.4) is 0 Å². The zero-order chi connectivity index (χ0) is 12.9. The highest BCUT2D eigenvalue weighted by Crippen LogP contribution is 2.17. The second-order valence-electron chi connectivity index (χ2n) is 4.63. The lowest BCUT2D eigenvalue weighted by atomic mass is 10.1. The normalized spacial score (nSPS) is 16.6. The van der Waals surface area contributed by atoms with Crippen LogP contribution in [0.5, 0.6) is 0 Å². The van der Waals surface area contributed by atoms with Gasteiger partial charge in [-0.2, -0.15) is 0 Å². The number of hydrogen-bond acceptors (Lipinski definition) is 5. The molecule has 5 heteroatoms. The molecule has 0 amide bonds. The summed E-state index contributed by atoms with van der Waals surface area (Å²) in [5.41, 5.74) is 0.951. The van der Waals surface area contributed by atoms with Crippen LogP contribution < -0.4 is 5.32 Å². The SMILES string of the molecule is c1ccc(-c2nnc(CNC3CCOCC3)o2)cc1. The predicted molar refractivity (Wildman–Crippen MR) is 70.4 cm³/mol. The second-order valence-corrected chi connectivity index (χ2v) is 4.63. The largest absolute Gasteiger partial charge is 0.419 e. The molecule has 5 nitrogen and oxygen atoms in total. The quantitative estimate of drug-likeness (QED) is 0.910. The zero-order valence-electron chi connectivity index (χ0n) is 10.7. The van der Waals surface area contributed by atoms with Gasteiger partial charge < -0.3 is 14.5 Å². The van der Waals surface area contributed by atoms with Crippen LogP contribution >= 0.6 is 0 Å². The summed E-state index contributed by atoms with van der Waals surface area (Å²) in [5, 5.41) is 11.6. The van der Waals surface area contributed by atoms with Crippen molar-refractivity contribution >= 4 is 0 Å². The molecule has 0 atom stereocenters. The molecular weight excluding hydrogens is 242 g/mol. The van der Waals surface area contributed by atoms with Gasteiger partial charge in [0.05, 0.1) is 6.54 Å². The van der Waals surface area contributed by atoms with Gasteiger partial charge in [0, 0.05) is 24.8 Å². The Kier molecular flexibility index (Phi) is 3.86. The fourth-order valence-electron chi connectivity index (χ4n) is 2.16. The molecule has 100 valence electrons. The van der Waals surface area contributed by atoms with Gasteiger partial charge in [0.2, 0.25) is 11.8 Å². The number of benzene rings is 1. The van der Waals surface area contributed by atoms with E-state index in [1.165, 1.54) is 0 Å². The fraction of sp³-hybridized carbons (Fsp3) is 0.429. The van der Waals surface area contributed by atoms with E-state index in [0.29, 0.717) is 24.4 Å². The van der Waals surface area contributed by atoms with Gasteiger partial charge in [-0.05, 0) is 25.0 Å². The molecule has 1 fully saturated rings. The van der Waals surface area contributed by atoms with E-state index in [9.17, 15) is 0 Å².